The summed E-state index contributed by atoms with van der Waals surface area (Å²) in [5.74, 6) is 1.00. The van der Waals surface area contributed by atoms with E-state index in [1.807, 2.05) is 81.4 Å². The van der Waals surface area contributed by atoms with E-state index in [2.05, 4.69) is 16.0 Å². The average molecular weight is 572 g/mol. The van der Waals surface area contributed by atoms with E-state index < -0.39 is 12.1 Å². The van der Waals surface area contributed by atoms with Gasteiger partial charge >= 0.3 is 0 Å². The van der Waals surface area contributed by atoms with Crippen molar-refractivity contribution in [1.29, 1.82) is 0 Å². The summed E-state index contributed by atoms with van der Waals surface area (Å²) in [4.78, 5) is 26.4. The molecule has 0 saturated heterocycles. The maximum absolute atomic E-state index is 13.4. The zero-order valence-electron chi connectivity index (χ0n) is 24.7. The number of hydrogen-bond donors (Lipinski definition) is 4. The zero-order valence-corrected chi connectivity index (χ0v) is 24.7. The number of benzene rings is 3. The third-order valence-corrected chi connectivity index (χ3v) is 7.61. The van der Waals surface area contributed by atoms with Crippen molar-refractivity contribution in [3.8, 4) is 5.75 Å². The van der Waals surface area contributed by atoms with Crippen LogP contribution >= 0.6 is 0 Å². The highest BCUT2D eigenvalue weighted by Crippen LogP contribution is 2.20. The van der Waals surface area contributed by atoms with E-state index in [0.29, 0.717) is 17.5 Å². The Kier molecular flexibility index (Phi) is 10.8. The van der Waals surface area contributed by atoms with E-state index in [1.54, 1.807) is 31.4 Å². The molecule has 1 aliphatic heterocycles. The van der Waals surface area contributed by atoms with Crippen LogP contribution in [-0.2, 0) is 11.2 Å². The minimum Gasteiger partial charge on any atom is -0.497 e. The van der Waals surface area contributed by atoms with Crippen LogP contribution in [0.15, 0.2) is 90.7 Å². The Bertz CT molecular complexity index is 1360. The van der Waals surface area contributed by atoms with E-state index in [0.717, 1.165) is 29.1 Å². The molecule has 1 heterocycles. The van der Waals surface area contributed by atoms with E-state index >= 15 is 0 Å². The van der Waals surface area contributed by atoms with Gasteiger partial charge in [0.15, 0.2) is 0 Å². The summed E-state index contributed by atoms with van der Waals surface area (Å²) in [5.41, 5.74) is 2.77. The van der Waals surface area contributed by atoms with Gasteiger partial charge in [0.2, 0.25) is 0 Å². The summed E-state index contributed by atoms with van der Waals surface area (Å²) >= 11 is 0. The Morgan fingerprint density at radius 1 is 0.952 bits per heavy atom. The standard InChI is InChI=1S/C34H41N3O5/c1-22-13-18-32(42-22)24(3)36-33(39)27-11-8-12-28(20-27)34(40)37-30(19-25-9-6-5-7-10-25)31(38)21-35-23(2)26-14-16-29(41-4)17-15-26/h5-17,20,23-24,30-32,35,38H,18-19,21H2,1-4H3,(H,36,39)(H,37,40)/t23-,24?,30+,31-,32?/m1/s1. The molecule has 0 fully saturated rings. The second-order valence-corrected chi connectivity index (χ2v) is 10.8. The van der Waals surface area contributed by atoms with E-state index in [-0.39, 0.29) is 36.5 Å². The molecule has 0 aromatic heterocycles. The van der Waals surface area contributed by atoms with Crippen LogP contribution in [0.5, 0.6) is 5.75 Å². The van der Waals surface area contributed by atoms with Crippen LogP contribution in [0.2, 0.25) is 0 Å². The third kappa shape index (κ3) is 8.44. The summed E-state index contributed by atoms with van der Waals surface area (Å²) in [7, 11) is 1.63. The Morgan fingerprint density at radius 3 is 2.24 bits per heavy atom. The Hall–Kier alpha value is -4.14. The maximum Gasteiger partial charge on any atom is 0.251 e. The minimum atomic E-state index is -0.870. The number of carbonyl (C=O) groups excluding carboxylic acids is 2. The van der Waals surface area contributed by atoms with Crippen LogP contribution in [0.1, 0.15) is 65.1 Å². The molecule has 0 aliphatic carbocycles. The summed E-state index contributed by atoms with van der Waals surface area (Å²) in [5, 5.41) is 20.6. The zero-order chi connectivity index (χ0) is 30.1. The van der Waals surface area contributed by atoms with Crippen LogP contribution in [-0.4, -0.2) is 54.9 Å². The highest BCUT2D eigenvalue weighted by Gasteiger charge is 2.26. The number of allylic oxidation sites excluding steroid dienone is 1. The largest absolute Gasteiger partial charge is 0.497 e. The van der Waals surface area contributed by atoms with Gasteiger partial charge in [0, 0.05) is 30.1 Å². The smallest absolute Gasteiger partial charge is 0.251 e. The van der Waals surface area contributed by atoms with Gasteiger partial charge in [-0.15, -0.1) is 0 Å². The number of hydrogen-bond acceptors (Lipinski definition) is 6. The maximum atomic E-state index is 13.4. The van der Waals surface area contributed by atoms with Gasteiger partial charge in [-0.1, -0.05) is 48.5 Å². The number of rotatable bonds is 13. The molecule has 8 heteroatoms. The van der Waals surface area contributed by atoms with Crippen LogP contribution in [0.3, 0.4) is 0 Å². The molecule has 0 radical (unpaired) electrons. The summed E-state index contributed by atoms with van der Waals surface area (Å²) in [6, 6.07) is 23.3. The van der Waals surface area contributed by atoms with Crippen molar-refractivity contribution >= 4 is 11.8 Å². The normalized spacial score (nSPS) is 17.3. The molecule has 2 amide bonds. The lowest BCUT2D eigenvalue weighted by molar-refractivity contribution is 0.0816. The fraction of sp³-hybridized carbons (Fsp3) is 0.353. The van der Waals surface area contributed by atoms with E-state index in [1.165, 1.54) is 0 Å². The van der Waals surface area contributed by atoms with Crippen molar-refractivity contribution in [2.75, 3.05) is 13.7 Å². The lowest BCUT2D eigenvalue weighted by Crippen LogP contribution is -2.49. The number of amides is 2. The molecule has 2 unspecified atom stereocenters. The van der Waals surface area contributed by atoms with Gasteiger partial charge in [-0.25, -0.2) is 0 Å². The molecule has 5 atom stereocenters. The summed E-state index contributed by atoms with van der Waals surface area (Å²) in [6.45, 7) is 6.09. The summed E-state index contributed by atoms with van der Waals surface area (Å²) in [6.07, 6.45) is 2.22. The first-order valence-corrected chi connectivity index (χ1v) is 14.4. The third-order valence-electron chi connectivity index (χ3n) is 7.61. The van der Waals surface area contributed by atoms with Crippen molar-refractivity contribution in [1.82, 2.24) is 16.0 Å². The fourth-order valence-corrected chi connectivity index (χ4v) is 4.96. The number of aliphatic hydroxyl groups is 1. The highest BCUT2D eigenvalue weighted by molar-refractivity contribution is 5.99. The van der Waals surface area contributed by atoms with Gasteiger partial charge in [0.1, 0.15) is 11.9 Å². The molecule has 3 aromatic rings. The predicted molar refractivity (Wildman–Crippen MR) is 163 cm³/mol. The SMILES string of the molecule is COc1ccc([C@@H](C)NC[C@@H](O)[C@H](Cc2ccccc2)NC(=O)c2cccc(C(=O)NC(C)C3CC=C(C)O3)c2)cc1. The van der Waals surface area contributed by atoms with Crippen molar-refractivity contribution < 1.29 is 24.2 Å². The number of ether oxygens (including phenoxy) is 2. The van der Waals surface area contributed by atoms with Gasteiger partial charge in [-0.2, -0.15) is 0 Å². The van der Waals surface area contributed by atoms with Gasteiger partial charge in [0.05, 0.1) is 31.1 Å². The van der Waals surface area contributed by atoms with Crippen LogP contribution in [0, 0.1) is 0 Å². The Labute approximate surface area is 248 Å². The van der Waals surface area contributed by atoms with Crippen molar-refractivity contribution in [3.63, 3.8) is 0 Å². The monoisotopic (exact) mass is 571 g/mol. The predicted octanol–water partition coefficient (Wildman–Crippen LogP) is 4.56. The van der Waals surface area contributed by atoms with Crippen LogP contribution in [0.25, 0.3) is 0 Å². The molecule has 4 N–H and O–H groups in total. The van der Waals surface area contributed by atoms with Crippen LogP contribution < -0.4 is 20.7 Å². The van der Waals surface area contributed by atoms with Gasteiger partial charge in [0.25, 0.3) is 11.8 Å². The van der Waals surface area contributed by atoms with Gasteiger partial charge < -0.3 is 30.5 Å². The Morgan fingerprint density at radius 2 is 1.62 bits per heavy atom. The molecule has 0 spiro atoms. The lowest BCUT2D eigenvalue weighted by atomic mass is 9.99. The number of methoxy groups -OCH3 is 1. The molecule has 42 heavy (non-hydrogen) atoms. The molecule has 3 aromatic carbocycles. The molecule has 0 saturated carbocycles. The topological polar surface area (TPSA) is 109 Å². The molecule has 4 rings (SSSR count). The first-order chi connectivity index (χ1) is 20.2. The lowest BCUT2D eigenvalue weighted by Gasteiger charge is -2.26. The van der Waals surface area contributed by atoms with Gasteiger partial charge in [-0.05, 0) is 74.7 Å². The highest BCUT2D eigenvalue weighted by atomic mass is 16.5. The second-order valence-electron chi connectivity index (χ2n) is 10.8. The fourth-order valence-electron chi connectivity index (χ4n) is 4.96. The second kappa shape index (κ2) is 14.7. The molecule has 222 valence electrons. The van der Waals surface area contributed by atoms with E-state index in [9.17, 15) is 14.7 Å². The molecule has 8 nitrogen and oxygen atoms in total. The average Bonchev–Trinajstić information content (AvgIpc) is 3.46. The van der Waals surface area contributed by atoms with Crippen molar-refractivity contribution in [2.24, 2.45) is 0 Å². The van der Waals surface area contributed by atoms with Crippen LogP contribution in [0.4, 0.5) is 0 Å². The van der Waals surface area contributed by atoms with Gasteiger partial charge in [-0.3, -0.25) is 9.59 Å². The first kappa shape index (κ1) is 30.8. The molecule has 1 aliphatic rings. The molecular formula is C34H41N3O5. The molecular weight excluding hydrogens is 530 g/mol. The first-order valence-electron chi connectivity index (χ1n) is 14.4. The Balaban J connectivity index is 1.41. The summed E-state index contributed by atoms with van der Waals surface area (Å²) < 4.78 is 11.0. The van der Waals surface area contributed by atoms with Crippen molar-refractivity contribution in [2.45, 2.75) is 63.9 Å². The number of nitrogens with one attached hydrogen (secondary N) is 3. The number of carbonyl (C=O) groups is 2. The van der Waals surface area contributed by atoms with E-state index in [4.69, 9.17) is 9.47 Å². The minimum absolute atomic E-state index is 0.0226. The van der Waals surface area contributed by atoms with Crippen molar-refractivity contribution in [3.05, 3.63) is 113 Å². The number of aliphatic hydroxyl groups excluding tert-OH is 1. The molecule has 0 bridgehead atoms. The quantitative estimate of drug-likeness (QED) is 0.240.